The molecule has 27 heavy (non-hydrogen) atoms. The lowest BCUT2D eigenvalue weighted by Gasteiger charge is -2.27. The van der Waals surface area contributed by atoms with Gasteiger partial charge in [0, 0.05) is 33.5 Å². The predicted octanol–water partition coefficient (Wildman–Crippen LogP) is 2.89. The fraction of sp³-hybridized carbons (Fsp3) is 0.211. The molecular weight excluding hydrogens is 477 g/mol. The molecule has 8 heteroatoms. The number of benzene rings is 2. The van der Waals surface area contributed by atoms with Crippen molar-refractivity contribution in [2.45, 2.75) is 0 Å². The molecular formula is C19H18IN3O3S. The van der Waals surface area contributed by atoms with Gasteiger partial charge >= 0.3 is 0 Å². The number of nitrogens with zero attached hydrogens (tertiary/aromatic N) is 1. The molecule has 2 aromatic rings. The first-order chi connectivity index (χ1) is 13.0. The molecule has 140 valence electrons. The van der Waals surface area contributed by atoms with Crippen molar-refractivity contribution in [2.75, 3.05) is 31.6 Å². The zero-order valence-corrected chi connectivity index (χ0v) is 17.4. The summed E-state index contributed by atoms with van der Waals surface area (Å²) in [6, 6.07) is 14.3. The van der Waals surface area contributed by atoms with E-state index in [4.69, 9.17) is 17.0 Å². The summed E-state index contributed by atoms with van der Waals surface area (Å²) in [7, 11) is 0. The van der Waals surface area contributed by atoms with Gasteiger partial charge in [-0.2, -0.15) is 0 Å². The molecule has 0 aromatic heterocycles. The highest BCUT2D eigenvalue weighted by molar-refractivity contribution is 14.1. The van der Waals surface area contributed by atoms with Crippen LogP contribution in [0.2, 0.25) is 0 Å². The van der Waals surface area contributed by atoms with Crippen LogP contribution in [0.15, 0.2) is 48.5 Å². The van der Waals surface area contributed by atoms with E-state index in [1.54, 1.807) is 41.3 Å². The van der Waals surface area contributed by atoms with Crippen LogP contribution >= 0.6 is 34.8 Å². The molecule has 0 atom stereocenters. The van der Waals surface area contributed by atoms with E-state index in [0.717, 1.165) is 3.57 Å². The van der Waals surface area contributed by atoms with Gasteiger partial charge in [-0.15, -0.1) is 0 Å². The lowest BCUT2D eigenvalue weighted by molar-refractivity contribution is 0.0303. The Morgan fingerprint density at radius 2 is 1.74 bits per heavy atom. The summed E-state index contributed by atoms with van der Waals surface area (Å²) in [6.45, 7) is 2.28. The number of morpholine rings is 1. The molecule has 2 aromatic carbocycles. The van der Waals surface area contributed by atoms with E-state index in [9.17, 15) is 9.59 Å². The van der Waals surface area contributed by atoms with E-state index in [1.165, 1.54) is 0 Å². The Hall–Kier alpha value is -2.04. The van der Waals surface area contributed by atoms with Crippen molar-refractivity contribution in [2.24, 2.45) is 0 Å². The molecule has 1 saturated heterocycles. The number of hydrogen-bond acceptors (Lipinski definition) is 4. The van der Waals surface area contributed by atoms with Gasteiger partial charge in [-0.05, 0) is 71.2 Å². The minimum absolute atomic E-state index is 0.0456. The second-order valence-corrected chi connectivity index (χ2v) is 7.56. The van der Waals surface area contributed by atoms with E-state index in [0.29, 0.717) is 43.1 Å². The van der Waals surface area contributed by atoms with Crippen LogP contribution in [-0.2, 0) is 4.74 Å². The van der Waals surface area contributed by atoms with Gasteiger partial charge in [0.25, 0.3) is 11.8 Å². The third kappa shape index (κ3) is 5.47. The first-order valence-corrected chi connectivity index (χ1v) is 9.86. The SMILES string of the molecule is O=C(NC(=S)Nc1cccc(C(=O)N2CCOCC2)c1)c1cccc(I)c1. The molecule has 1 aliphatic heterocycles. The van der Waals surface area contributed by atoms with Crippen molar-refractivity contribution < 1.29 is 14.3 Å². The fourth-order valence-corrected chi connectivity index (χ4v) is 3.40. The van der Waals surface area contributed by atoms with Gasteiger partial charge in [-0.25, -0.2) is 0 Å². The van der Waals surface area contributed by atoms with Crippen LogP contribution in [0, 0.1) is 3.57 Å². The lowest BCUT2D eigenvalue weighted by atomic mass is 10.1. The summed E-state index contributed by atoms with van der Waals surface area (Å²) in [6.07, 6.45) is 0. The van der Waals surface area contributed by atoms with Crippen molar-refractivity contribution in [1.29, 1.82) is 0 Å². The maximum Gasteiger partial charge on any atom is 0.257 e. The topological polar surface area (TPSA) is 70.7 Å². The maximum atomic E-state index is 12.6. The van der Waals surface area contributed by atoms with Crippen LogP contribution in [-0.4, -0.2) is 48.1 Å². The average Bonchev–Trinajstić information content (AvgIpc) is 2.68. The van der Waals surface area contributed by atoms with Gasteiger partial charge in [0.05, 0.1) is 13.2 Å². The Morgan fingerprint density at radius 1 is 1.04 bits per heavy atom. The molecule has 1 heterocycles. The van der Waals surface area contributed by atoms with Crippen LogP contribution in [0.5, 0.6) is 0 Å². The molecule has 0 unspecified atom stereocenters. The zero-order valence-electron chi connectivity index (χ0n) is 14.4. The van der Waals surface area contributed by atoms with E-state index in [1.807, 2.05) is 12.1 Å². The quantitative estimate of drug-likeness (QED) is 0.507. The number of carbonyl (C=O) groups is 2. The van der Waals surface area contributed by atoms with Gasteiger partial charge in [0.15, 0.2) is 5.11 Å². The lowest BCUT2D eigenvalue weighted by Crippen LogP contribution is -2.40. The van der Waals surface area contributed by atoms with Gasteiger partial charge in [0.1, 0.15) is 0 Å². The number of thiocarbonyl (C=S) groups is 1. The van der Waals surface area contributed by atoms with Crippen molar-refractivity contribution in [3.8, 4) is 0 Å². The molecule has 0 spiro atoms. The summed E-state index contributed by atoms with van der Waals surface area (Å²) in [5.74, 6) is -0.331. The van der Waals surface area contributed by atoms with Crippen LogP contribution in [0.3, 0.4) is 0 Å². The molecule has 0 aliphatic carbocycles. The fourth-order valence-electron chi connectivity index (χ4n) is 2.65. The standard InChI is InChI=1S/C19H18IN3O3S/c20-15-5-1-3-13(11-15)17(24)22-19(27)21-16-6-2-4-14(12-16)18(25)23-7-9-26-10-8-23/h1-6,11-12H,7-10H2,(H2,21,22,24,27). The third-order valence-electron chi connectivity index (χ3n) is 3.98. The van der Waals surface area contributed by atoms with E-state index in [-0.39, 0.29) is 16.9 Å². The largest absolute Gasteiger partial charge is 0.378 e. The van der Waals surface area contributed by atoms with E-state index < -0.39 is 0 Å². The van der Waals surface area contributed by atoms with Crippen molar-refractivity contribution in [3.05, 3.63) is 63.2 Å². The Morgan fingerprint density at radius 3 is 2.48 bits per heavy atom. The van der Waals surface area contributed by atoms with Crippen LogP contribution in [0.4, 0.5) is 5.69 Å². The minimum Gasteiger partial charge on any atom is -0.378 e. The smallest absolute Gasteiger partial charge is 0.257 e. The summed E-state index contributed by atoms with van der Waals surface area (Å²) in [4.78, 5) is 26.6. The van der Waals surface area contributed by atoms with E-state index >= 15 is 0 Å². The number of amides is 2. The number of hydrogen-bond donors (Lipinski definition) is 2. The molecule has 3 rings (SSSR count). The first kappa shape index (κ1) is 19.7. The second-order valence-electron chi connectivity index (χ2n) is 5.90. The highest BCUT2D eigenvalue weighted by Gasteiger charge is 2.18. The molecule has 1 aliphatic rings. The Kier molecular flexibility index (Phi) is 6.75. The molecule has 6 nitrogen and oxygen atoms in total. The van der Waals surface area contributed by atoms with Gasteiger partial charge < -0.3 is 15.0 Å². The molecule has 0 radical (unpaired) electrons. The number of anilines is 1. The second kappa shape index (κ2) is 9.25. The summed E-state index contributed by atoms with van der Waals surface area (Å²) in [5, 5.41) is 5.78. The number of halogens is 1. The Bertz CT molecular complexity index is 869. The molecule has 0 saturated carbocycles. The first-order valence-electron chi connectivity index (χ1n) is 8.38. The van der Waals surface area contributed by atoms with Gasteiger partial charge in [-0.3, -0.25) is 14.9 Å². The highest BCUT2D eigenvalue weighted by Crippen LogP contribution is 2.14. The molecule has 2 amide bonds. The van der Waals surface area contributed by atoms with E-state index in [2.05, 4.69) is 33.2 Å². The van der Waals surface area contributed by atoms with Gasteiger partial charge in [-0.1, -0.05) is 12.1 Å². The summed E-state index contributed by atoms with van der Waals surface area (Å²) >= 11 is 7.37. The molecule has 1 fully saturated rings. The third-order valence-corrected chi connectivity index (χ3v) is 4.85. The molecule has 2 N–H and O–H groups in total. The maximum absolute atomic E-state index is 12.6. The van der Waals surface area contributed by atoms with Crippen molar-refractivity contribution in [1.82, 2.24) is 10.2 Å². The number of rotatable bonds is 3. The number of nitrogens with one attached hydrogen (secondary N) is 2. The van der Waals surface area contributed by atoms with Crippen molar-refractivity contribution in [3.63, 3.8) is 0 Å². The van der Waals surface area contributed by atoms with Crippen molar-refractivity contribution >= 4 is 57.4 Å². The molecule has 0 bridgehead atoms. The number of carbonyl (C=O) groups excluding carboxylic acids is 2. The van der Waals surface area contributed by atoms with Crippen LogP contribution < -0.4 is 10.6 Å². The summed E-state index contributed by atoms with van der Waals surface area (Å²) < 4.78 is 6.25. The average molecular weight is 495 g/mol. The normalized spacial score (nSPS) is 13.7. The number of ether oxygens (including phenoxy) is 1. The highest BCUT2D eigenvalue weighted by atomic mass is 127. The van der Waals surface area contributed by atoms with Crippen LogP contribution in [0.1, 0.15) is 20.7 Å². The zero-order chi connectivity index (χ0) is 19.2. The summed E-state index contributed by atoms with van der Waals surface area (Å²) in [5.41, 5.74) is 1.73. The van der Waals surface area contributed by atoms with Gasteiger partial charge in [0.2, 0.25) is 0 Å². The minimum atomic E-state index is -0.286. The van der Waals surface area contributed by atoms with Crippen LogP contribution in [0.25, 0.3) is 0 Å². The monoisotopic (exact) mass is 495 g/mol. The Labute approximate surface area is 176 Å². The Balaban J connectivity index is 1.62. The predicted molar refractivity (Wildman–Crippen MR) is 116 cm³/mol.